The van der Waals surface area contributed by atoms with Crippen molar-refractivity contribution in [2.45, 2.75) is 20.4 Å². The highest BCUT2D eigenvalue weighted by Gasteiger charge is 2.06. The van der Waals surface area contributed by atoms with Crippen molar-refractivity contribution in [1.29, 1.82) is 0 Å². The molecule has 0 aliphatic rings. The van der Waals surface area contributed by atoms with Gasteiger partial charge in [0.1, 0.15) is 0 Å². The van der Waals surface area contributed by atoms with Crippen molar-refractivity contribution in [2.24, 2.45) is 0 Å². The molecule has 2 aromatic carbocycles. The van der Waals surface area contributed by atoms with Crippen LogP contribution in [0.4, 0.5) is 11.4 Å². The van der Waals surface area contributed by atoms with Gasteiger partial charge in [0.25, 0.3) is 0 Å². The molecule has 2 N–H and O–H groups in total. The molecule has 0 unspecified atom stereocenters. The quantitative estimate of drug-likeness (QED) is 0.844. The predicted octanol–water partition coefficient (Wildman–Crippen LogP) is 4.26. The summed E-state index contributed by atoms with van der Waals surface area (Å²) in [7, 11) is 0. The molecule has 0 spiro atoms. The summed E-state index contributed by atoms with van der Waals surface area (Å²) in [5, 5.41) is 0.613. The average Bonchev–Trinajstić information content (AvgIpc) is 2.41. The van der Waals surface area contributed by atoms with Crippen LogP contribution in [0.25, 0.3) is 0 Å². The molecule has 0 saturated carbocycles. The Kier molecular flexibility index (Phi) is 4.33. The summed E-state index contributed by atoms with van der Waals surface area (Å²) >= 11 is 5.95. The maximum atomic E-state index is 5.95. The molecule has 2 nitrogen and oxygen atoms in total. The van der Waals surface area contributed by atoms with Gasteiger partial charge in [-0.25, -0.2) is 0 Å². The number of halogens is 1. The highest BCUT2D eigenvalue weighted by atomic mass is 35.5. The van der Waals surface area contributed by atoms with Gasteiger partial charge in [-0.1, -0.05) is 35.4 Å². The molecular weight excluding hydrogens is 256 g/mol. The van der Waals surface area contributed by atoms with Gasteiger partial charge in [0.2, 0.25) is 0 Å². The summed E-state index contributed by atoms with van der Waals surface area (Å²) < 4.78 is 0. The van der Waals surface area contributed by atoms with Crippen molar-refractivity contribution in [3.63, 3.8) is 0 Å². The fraction of sp³-hybridized carbons (Fsp3) is 0.250. The van der Waals surface area contributed by atoms with Gasteiger partial charge in [-0.05, 0) is 43.7 Å². The normalized spacial score (nSPS) is 10.5. The fourth-order valence-corrected chi connectivity index (χ4v) is 2.17. The van der Waals surface area contributed by atoms with E-state index in [0.29, 0.717) is 10.7 Å². The van der Waals surface area contributed by atoms with Crippen LogP contribution < -0.4 is 10.6 Å². The van der Waals surface area contributed by atoms with E-state index in [1.807, 2.05) is 18.2 Å². The topological polar surface area (TPSA) is 29.3 Å². The second kappa shape index (κ2) is 5.98. The van der Waals surface area contributed by atoms with E-state index in [1.165, 1.54) is 16.8 Å². The molecule has 0 saturated heterocycles. The zero-order valence-electron chi connectivity index (χ0n) is 11.4. The number of benzene rings is 2. The van der Waals surface area contributed by atoms with Crippen LogP contribution in [0.1, 0.15) is 18.1 Å². The first-order valence-electron chi connectivity index (χ1n) is 6.45. The number of nitrogens with zero attached hydrogens (tertiary/aromatic N) is 1. The van der Waals surface area contributed by atoms with E-state index in [4.69, 9.17) is 17.3 Å². The number of anilines is 2. The Balaban J connectivity index is 2.18. The summed E-state index contributed by atoms with van der Waals surface area (Å²) in [6.07, 6.45) is 0. The minimum atomic E-state index is 0.613. The van der Waals surface area contributed by atoms with Crippen LogP contribution in [0.5, 0.6) is 0 Å². The molecule has 2 rings (SSSR count). The fourth-order valence-electron chi connectivity index (χ4n) is 2.05. The lowest BCUT2D eigenvalue weighted by molar-refractivity contribution is 0.832. The van der Waals surface area contributed by atoms with E-state index < -0.39 is 0 Å². The van der Waals surface area contributed by atoms with Crippen molar-refractivity contribution in [3.8, 4) is 0 Å². The number of rotatable bonds is 4. The third-order valence-electron chi connectivity index (χ3n) is 3.21. The molecule has 0 aliphatic carbocycles. The molecule has 2 aromatic rings. The highest BCUT2D eigenvalue weighted by Crippen LogP contribution is 2.22. The third kappa shape index (κ3) is 3.42. The maximum absolute atomic E-state index is 5.95. The van der Waals surface area contributed by atoms with E-state index in [0.717, 1.165) is 13.1 Å². The maximum Gasteiger partial charge on any atom is 0.0635 e. The number of hydrogen-bond acceptors (Lipinski definition) is 2. The molecule has 0 fully saturated rings. The summed E-state index contributed by atoms with van der Waals surface area (Å²) in [5.74, 6) is 0. The molecule has 19 heavy (non-hydrogen) atoms. The number of nitrogen functional groups attached to an aromatic ring is 1. The van der Waals surface area contributed by atoms with E-state index in [-0.39, 0.29) is 0 Å². The van der Waals surface area contributed by atoms with Gasteiger partial charge in [0.15, 0.2) is 0 Å². The van der Waals surface area contributed by atoms with Gasteiger partial charge in [0.05, 0.1) is 10.7 Å². The van der Waals surface area contributed by atoms with Gasteiger partial charge in [0, 0.05) is 18.8 Å². The molecule has 0 amide bonds. The molecule has 0 bridgehead atoms. The molecule has 3 heteroatoms. The van der Waals surface area contributed by atoms with Gasteiger partial charge in [-0.2, -0.15) is 0 Å². The van der Waals surface area contributed by atoms with E-state index in [1.54, 1.807) is 0 Å². The zero-order chi connectivity index (χ0) is 13.8. The minimum absolute atomic E-state index is 0.613. The summed E-state index contributed by atoms with van der Waals surface area (Å²) in [4.78, 5) is 2.31. The molecule has 0 atom stereocenters. The smallest absolute Gasteiger partial charge is 0.0635 e. The van der Waals surface area contributed by atoms with Crippen molar-refractivity contribution >= 4 is 23.0 Å². The molecule has 0 radical (unpaired) electrons. The van der Waals surface area contributed by atoms with Gasteiger partial charge >= 0.3 is 0 Å². The van der Waals surface area contributed by atoms with Crippen molar-refractivity contribution in [1.82, 2.24) is 0 Å². The van der Waals surface area contributed by atoms with Crippen molar-refractivity contribution in [3.05, 3.63) is 58.6 Å². The lowest BCUT2D eigenvalue weighted by Crippen LogP contribution is -2.21. The summed E-state index contributed by atoms with van der Waals surface area (Å²) in [5.41, 5.74) is 10.2. The van der Waals surface area contributed by atoms with E-state index in [2.05, 4.69) is 43.0 Å². The number of aryl methyl sites for hydroxylation is 1. The minimum Gasteiger partial charge on any atom is -0.398 e. The van der Waals surface area contributed by atoms with Gasteiger partial charge in [-0.15, -0.1) is 0 Å². The monoisotopic (exact) mass is 274 g/mol. The SMILES string of the molecule is CCN(Cc1ccc(Cl)c(N)c1)c1ccc(C)cc1. The van der Waals surface area contributed by atoms with Crippen LogP contribution in [0, 0.1) is 6.92 Å². The summed E-state index contributed by atoms with van der Waals surface area (Å²) in [6.45, 7) is 6.03. The second-order valence-corrected chi connectivity index (χ2v) is 5.11. The van der Waals surface area contributed by atoms with Crippen LogP contribution in [0.15, 0.2) is 42.5 Å². The lowest BCUT2D eigenvalue weighted by atomic mass is 10.1. The highest BCUT2D eigenvalue weighted by molar-refractivity contribution is 6.33. The first-order valence-corrected chi connectivity index (χ1v) is 6.83. The van der Waals surface area contributed by atoms with E-state index in [9.17, 15) is 0 Å². The first-order chi connectivity index (χ1) is 9.10. The van der Waals surface area contributed by atoms with Crippen LogP contribution in [-0.2, 0) is 6.54 Å². The Morgan fingerprint density at radius 3 is 2.37 bits per heavy atom. The summed E-state index contributed by atoms with van der Waals surface area (Å²) in [6, 6.07) is 14.4. The average molecular weight is 275 g/mol. The zero-order valence-corrected chi connectivity index (χ0v) is 12.1. The van der Waals surface area contributed by atoms with Crippen molar-refractivity contribution in [2.75, 3.05) is 17.2 Å². The Labute approximate surface area is 119 Å². The third-order valence-corrected chi connectivity index (χ3v) is 3.56. The predicted molar refractivity (Wildman–Crippen MR) is 83.8 cm³/mol. The van der Waals surface area contributed by atoms with Crippen molar-refractivity contribution < 1.29 is 0 Å². The van der Waals surface area contributed by atoms with Crippen LogP contribution in [-0.4, -0.2) is 6.54 Å². The van der Waals surface area contributed by atoms with Crippen LogP contribution in [0.2, 0.25) is 5.02 Å². The second-order valence-electron chi connectivity index (χ2n) is 4.71. The number of hydrogen-bond donors (Lipinski definition) is 1. The van der Waals surface area contributed by atoms with Crippen LogP contribution in [0.3, 0.4) is 0 Å². The molecule has 100 valence electrons. The van der Waals surface area contributed by atoms with Crippen LogP contribution >= 0.6 is 11.6 Å². The van der Waals surface area contributed by atoms with Gasteiger partial charge < -0.3 is 10.6 Å². The van der Waals surface area contributed by atoms with E-state index >= 15 is 0 Å². The van der Waals surface area contributed by atoms with Gasteiger partial charge in [-0.3, -0.25) is 0 Å². The Morgan fingerprint density at radius 2 is 1.79 bits per heavy atom. The standard InChI is InChI=1S/C16H19ClN2/c1-3-19(14-7-4-12(2)5-8-14)11-13-6-9-15(17)16(18)10-13/h4-10H,3,11,18H2,1-2H3. The Morgan fingerprint density at radius 1 is 1.11 bits per heavy atom. The molecule has 0 heterocycles. The lowest BCUT2D eigenvalue weighted by Gasteiger charge is -2.23. The first kappa shape index (κ1) is 13.8. The molecule has 0 aliphatic heterocycles. The molecule has 0 aromatic heterocycles. The number of nitrogens with two attached hydrogens (primary N) is 1. The largest absolute Gasteiger partial charge is 0.398 e. The Bertz CT molecular complexity index is 549. The Hall–Kier alpha value is -1.67. The molecular formula is C16H19ClN2.